The summed E-state index contributed by atoms with van der Waals surface area (Å²) in [6, 6.07) is 7.02. The van der Waals surface area contributed by atoms with E-state index in [9.17, 15) is 4.79 Å². The first-order valence-electron chi connectivity index (χ1n) is 4.76. The molecule has 0 saturated carbocycles. The van der Waals surface area contributed by atoms with Crippen LogP contribution in [0.4, 0.5) is 0 Å². The van der Waals surface area contributed by atoms with Crippen LogP contribution in [0.25, 0.3) is 11.4 Å². The van der Waals surface area contributed by atoms with Crippen molar-refractivity contribution in [2.45, 2.75) is 6.92 Å². The molecule has 0 atom stereocenters. The van der Waals surface area contributed by atoms with Gasteiger partial charge >= 0.3 is 0 Å². The molecule has 2 heterocycles. The Hall–Kier alpha value is -1.74. The summed E-state index contributed by atoms with van der Waals surface area (Å²) in [5.41, 5.74) is 2.90. The van der Waals surface area contributed by atoms with Gasteiger partial charge in [-0.1, -0.05) is 0 Å². The van der Waals surface area contributed by atoms with Gasteiger partial charge < -0.3 is 0 Å². The Balaban J connectivity index is 2.48. The predicted octanol–water partition coefficient (Wildman–Crippen LogP) is 2.83. The summed E-state index contributed by atoms with van der Waals surface area (Å²) in [6.45, 7) is 1.97. The lowest BCUT2D eigenvalue weighted by molar-refractivity contribution is 0.108. The van der Waals surface area contributed by atoms with Gasteiger partial charge in [-0.25, -0.2) is 0 Å². The molecule has 0 fully saturated rings. The van der Waals surface area contributed by atoms with Crippen LogP contribution in [-0.2, 0) is 0 Å². The molecule has 2 aromatic rings. The highest BCUT2D eigenvalue weighted by Crippen LogP contribution is 2.17. The third-order valence-corrected chi connectivity index (χ3v) is 2.38. The Morgan fingerprint density at radius 2 is 1.75 bits per heavy atom. The van der Waals surface area contributed by atoms with E-state index in [0.717, 1.165) is 11.3 Å². The number of hydrogen-bond acceptors (Lipinski definition) is 3. The fourth-order valence-electron chi connectivity index (χ4n) is 1.37. The normalized spacial score (nSPS) is 10.1. The van der Waals surface area contributed by atoms with E-state index in [-0.39, 0.29) is 0 Å². The lowest BCUT2D eigenvalue weighted by Gasteiger charge is -2.01. The molecule has 2 rings (SSSR count). The van der Waals surface area contributed by atoms with Crippen LogP contribution in [0.2, 0.25) is 0 Å². The second-order valence-corrected chi connectivity index (χ2v) is 3.77. The summed E-state index contributed by atoms with van der Waals surface area (Å²) in [5.74, 6) is 0. The van der Waals surface area contributed by atoms with Crippen molar-refractivity contribution < 1.29 is 4.79 Å². The number of nitrogens with zero attached hydrogens (tertiary/aromatic N) is 2. The van der Waals surface area contributed by atoms with Gasteiger partial charge in [-0.15, -0.1) is 0 Å². The lowest BCUT2D eigenvalue weighted by atomic mass is 10.1. The molecule has 0 aliphatic carbocycles. The zero-order valence-electron chi connectivity index (χ0n) is 8.64. The lowest BCUT2D eigenvalue weighted by Crippen LogP contribution is -1.93. The number of aryl methyl sites for hydroxylation is 1. The molecular formula is C12H9ClN2O. The molecule has 0 bridgehead atoms. The molecule has 3 nitrogen and oxygen atoms in total. The number of carbonyl (C=O) groups is 1. The van der Waals surface area contributed by atoms with E-state index < -0.39 is 5.24 Å². The number of pyridine rings is 2. The van der Waals surface area contributed by atoms with Gasteiger partial charge in [0.2, 0.25) is 0 Å². The molecule has 16 heavy (non-hydrogen) atoms. The maximum atomic E-state index is 11.0. The summed E-state index contributed by atoms with van der Waals surface area (Å²) < 4.78 is 0. The van der Waals surface area contributed by atoms with Gasteiger partial charge in [0.1, 0.15) is 0 Å². The van der Waals surface area contributed by atoms with Crippen LogP contribution >= 0.6 is 11.6 Å². The highest BCUT2D eigenvalue weighted by Gasteiger charge is 2.06. The molecule has 0 aliphatic rings. The Bertz CT molecular complexity index is 540. The van der Waals surface area contributed by atoms with Crippen molar-refractivity contribution in [2.24, 2.45) is 0 Å². The van der Waals surface area contributed by atoms with Gasteiger partial charge in [0.05, 0.1) is 11.4 Å². The van der Waals surface area contributed by atoms with Crippen molar-refractivity contribution in [3.8, 4) is 11.4 Å². The number of carbonyl (C=O) groups excluding carboxylic acids is 1. The largest absolute Gasteiger partial charge is 0.276 e. The second kappa shape index (κ2) is 4.41. The number of rotatable bonds is 2. The summed E-state index contributed by atoms with van der Waals surface area (Å²) in [5, 5.41) is -0.490. The average molecular weight is 233 g/mol. The van der Waals surface area contributed by atoms with Gasteiger partial charge in [-0.05, 0) is 48.4 Å². The molecule has 0 saturated heterocycles. The van der Waals surface area contributed by atoms with Gasteiger partial charge in [-0.3, -0.25) is 14.8 Å². The van der Waals surface area contributed by atoms with E-state index in [4.69, 9.17) is 11.6 Å². The van der Waals surface area contributed by atoms with E-state index in [1.54, 1.807) is 24.5 Å². The molecule has 80 valence electrons. The molecule has 4 heteroatoms. The molecule has 0 aliphatic heterocycles. The highest BCUT2D eigenvalue weighted by atomic mass is 35.5. The maximum Gasteiger partial charge on any atom is 0.252 e. The standard InChI is InChI=1S/C12H9ClN2O/c1-8-2-4-14-10(6-8)11-7-9(12(13)16)3-5-15-11/h2-7H,1H3. The molecule has 0 aromatic carbocycles. The summed E-state index contributed by atoms with van der Waals surface area (Å²) in [6.07, 6.45) is 3.26. The monoisotopic (exact) mass is 232 g/mol. The van der Waals surface area contributed by atoms with Crippen molar-refractivity contribution in [1.29, 1.82) is 0 Å². The van der Waals surface area contributed by atoms with Gasteiger partial charge in [0, 0.05) is 18.0 Å². The van der Waals surface area contributed by atoms with Crippen LogP contribution in [0, 0.1) is 6.92 Å². The number of hydrogen-bond donors (Lipinski definition) is 0. The highest BCUT2D eigenvalue weighted by molar-refractivity contribution is 6.67. The van der Waals surface area contributed by atoms with Gasteiger partial charge in [0.15, 0.2) is 0 Å². The SMILES string of the molecule is Cc1ccnc(-c2cc(C(=O)Cl)ccn2)c1. The molecular weight excluding hydrogens is 224 g/mol. The van der Waals surface area contributed by atoms with E-state index in [1.807, 2.05) is 19.1 Å². The smallest absolute Gasteiger partial charge is 0.252 e. The van der Waals surface area contributed by atoms with Crippen LogP contribution in [0.5, 0.6) is 0 Å². The van der Waals surface area contributed by atoms with Crippen LogP contribution in [0.1, 0.15) is 15.9 Å². The van der Waals surface area contributed by atoms with E-state index in [2.05, 4.69) is 9.97 Å². The van der Waals surface area contributed by atoms with Crippen molar-refractivity contribution in [2.75, 3.05) is 0 Å². The first kappa shape index (κ1) is 10.8. The fourth-order valence-corrected chi connectivity index (χ4v) is 1.49. The minimum atomic E-state index is -0.490. The summed E-state index contributed by atoms with van der Waals surface area (Å²) in [7, 11) is 0. The van der Waals surface area contributed by atoms with Gasteiger partial charge in [-0.2, -0.15) is 0 Å². The van der Waals surface area contributed by atoms with Gasteiger partial charge in [0.25, 0.3) is 5.24 Å². The first-order valence-corrected chi connectivity index (χ1v) is 5.13. The first-order chi connectivity index (χ1) is 7.66. The van der Waals surface area contributed by atoms with E-state index in [1.165, 1.54) is 0 Å². The minimum absolute atomic E-state index is 0.426. The van der Waals surface area contributed by atoms with Crippen LogP contribution in [-0.4, -0.2) is 15.2 Å². The average Bonchev–Trinajstić information content (AvgIpc) is 2.29. The van der Waals surface area contributed by atoms with Crippen molar-refractivity contribution in [3.63, 3.8) is 0 Å². The Morgan fingerprint density at radius 1 is 1.12 bits per heavy atom. The predicted molar refractivity (Wildman–Crippen MR) is 62.4 cm³/mol. The Kier molecular flexibility index (Phi) is 2.97. The quantitative estimate of drug-likeness (QED) is 0.748. The zero-order chi connectivity index (χ0) is 11.5. The topological polar surface area (TPSA) is 42.9 Å². The minimum Gasteiger partial charge on any atom is -0.276 e. The van der Waals surface area contributed by atoms with Crippen LogP contribution in [0.3, 0.4) is 0 Å². The van der Waals surface area contributed by atoms with Crippen LogP contribution < -0.4 is 0 Å². The third kappa shape index (κ3) is 2.25. The van der Waals surface area contributed by atoms with Crippen molar-refractivity contribution >= 4 is 16.8 Å². The molecule has 0 unspecified atom stereocenters. The molecule has 0 spiro atoms. The molecule has 0 N–H and O–H groups in total. The maximum absolute atomic E-state index is 11.0. The Morgan fingerprint density at radius 3 is 2.38 bits per heavy atom. The Labute approximate surface area is 98.1 Å². The zero-order valence-corrected chi connectivity index (χ0v) is 9.40. The van der Waals surface area contributed by atoms with Crippen molar-refractivity contribution in [1.82, 2.24) is 9.97 Å². The number of halogens is 1. The molecule has 2 aromatic heterocycles. The second-order valence-electron chi connectivity index (χ2n) is 3.42. The summed E-state index contributed by atoms with van der Waals surface area (Å²) in [4.78, 5) is 19.4. The van der Waals surface area contributed by atoms with Crippen molar-refractivity contribution in [3.05, 3.63) is 47.8 Å². The molecule has 0 amide bonds. The molecule has 0 radical (unpaired) electrons. The third-order valence-electron chi connectivity index (χ3n) is 2.16. The fraction of sp³-hybridized carbons (Fsp3) is 0.0833. The van der Waals surface area contributed by atoms with E-state index >= 15 is 0 Å². The summed E-state index contributed by atoms with van der Waals surface area (Å²) >= 11 is 5.41. The number of aromatic nitrogens is 2. The van der Waals surface area contributed by atoms with Crippen LogP contribution in [0.15, 0.2) is 36.7 Å². The van der Waals surface area contributed by atoms with E-state index in [0.29, 0.717) is 11.3 Å².